The molecule has 1 fully saturated rings. The van der Waals surface area contributed by atoms with E-state index in [0.29, 0.717) is 30.9 Å². The number of nitrogens with one attached hydrogen (secondary N) is 2. The second kappa shape index (κ2) is 8.93. The first kappa shape index (κ1) is 16.9. The number of carbonyl (C=O) groups excluding carboxylic acids is 1. The lowest BCUT2D eigenvalue weighted by Crippen LogP contribution is -2.33. The van der Waals surface area contributed by atoms with E-state index in [1.165, 1.54) is 6.07 Å². The normalized spacial score (nSPS) is 15.4. The van der Waals surface area contributed by atoms with Gasteiger partial charge in [0.05, 0.1) is 0 Å². The van der Waals surface area contributed by atoms with Gasteiger partial charge in [-0.15, -0.1) is 12.4 Å². The Morgan fingerprint density at radius 1 is 1.30 bits per heavy atom. The van der Waals surface area contributed by atoms with Crippen LogP contribution in [0.5, 0.6) is 0 Å². The smallest absolute Gasteiger partial charge is 0.220 e. The number of hydrogen-bond donors (Lipinski definition) is 2. The van der Waals surface area contributed by atoms with E-state index in [1.807, 2.05) is 6.07 Å². The maximum absolute atomic E-state index is 13.4. The summed E-state index contributed by atoms with van der Waals surface area (Å²) in [6, 6.07) is 6.70. The fourth-order valence-corrected chi connectivity index (χ4v) is 2.46. The average molecular weight is 301 g/mol. The molecule has 0 aromatic heterocycles. The minimum atomic E-state index is -0.199. The topological polar surface area (TPSA) is 41.1 Å². The molecule has 1 heterocycles. The van der Waals surface area contributed by atoms with E-state index in [1.54, 1.807) is 12.1 Å². The Kier molecular flexibility index (Phi) is 7.55. The molecule has 2 rings (SSSR count). The lowest BCUT2D eigenvalue weighted by atomic mass is 9.94. The van der Waals surface area contributed by atoms with Gasteiger partial charge < -0.3 is 10.6 Å². The quantitative estimate of drug-likeness (QED) is 0.876. The molecule has 5 heteroatoms. The summed E-state index contributed by atoms with van der Waals surface area (Å²) in [5.41, 5.74) is 0.657. The second-order valence-corrected chi connectivity index (χ2v) is 5.09. The molecule has 3 nitrogen and oxygen atoms in total. The highest BCUT2D eigenvalue weighted by atomic mass is 35.5. The molecule has 20 heavy (non-hydrogen) atoms. The molecule has 0 saturated carbocycles. The van der Waals surface area contributed by atoms with Gasteiger partial charge in [0.2, 0.25) is 5.91 Å². The molecule has 0 spiro atoms. The largest absolute Gasteiger partial charge is 0.356 e. The van der Waals surface area contributed by atoms with Crippen LogP contribution in [-0.2, 0) is 11.2 Å². The predicted molar refractivity (Wildman–Crippen MR) is 80.6 cm³/mol. The van der Waals surface area contributed by atoms with Gasteiger partial charge in [0.1, 0.15) is 5.82 Å². The van der Waals surface area contributed by atoms with Crippen LogP contribution in [0.15, 0.2) is 24.3 Å². The number of piperidine rings is 1. The van der Waals surface area contributed by atoms with Crippen molar-refractivity contribution in [2.45, 2.75) is 25.7 Å². The van der Waals surface area contributed by atoms with Crippen LogP contribution in [0.3, 0.4) is 0 Å². The second-order valence-electron chi connectivity index (χ2n) is 5.09. The van der Waals surface area contributed by atoms with Crippen molar-refractivity contribution in [3.63, 3.8) is 0 Å². The van der Waals surface area contributed by atoms with Gasteiger partial charge >= 0.3 is 0 Å². The Hall–Kier alpha value is -1.13. The highest BCUT2D eigenvalue weighted by Crippen LogP contribution is 2.15. The zero-order valence-corrected chi connectivity index (χ0v) is 12.3. The van der Waals surface area contributed by atoms with Crippen molar-refractivity contribution in [3.8, 4) is 0 Å². The maximum atomic E-state index is 13.4. The van der Waals surface area contributed by atoms with Crippen molar-refractivity contribution in [3.05, 3.63) is 35.6 Å². The number of rotatable bonds is 5. The molecule has 1 aromatic rings. The first-order valence-electron chi connectivity index (χ1n) is 6.96. The average Bonchev–Trinajstić information content (AvgIpc) is 2.42. The third-order valence-corrected chi connectivity index (χ3v) is 3.61. The Labute approximate surface area is 125 Å². The Balaban J connectivity index is 0.00000200. The molecule has 0 radical (unpaired) electrons. The minimum absolute atomic E-state index is 0. The van der Waals surface area contributed by atoms with E-state index in [9.17, 15) is 9.18 Å². The van der Waals surface area contributed by atoms with Crippen molar-refractivity contribution >= 4 is 18.3 Å². The molecule has 2 N–H and O–H groups in total. The van der Waals surface area contributed by atoms with Crippen LogP contribution in [0.1, 0.15) is 24.8 Å². The van der Waals surface area contributed by atoms with E-state index in [4.69, 9.17) is 0 Å². The lowest BCUT2D eigenvalue weighted by Gasteiger charge is -2.21. The van der Waals surface area contributed by atoms with Crippen LogP contribution in [0.2, 0.25) is 0 Å². The Bertz CT molecular complexity index is 422. The Morgan fingerprint density at radius 2 is 2.00 bits per heavy atom. The van der Waals surface area contributed by atoms with E-state index >= 15 is 0 Å². The van der Waals surface area contributed by atoms with Gasteiger partial charge in [-0.1, -0.05) is 18.2 Å². The van der Waals surface area contributed by atoms with Gasteiger partial charge in [0, 0.05) is 13.0 Å². The summed E-state index contributed by atoms with van der Waals surface area (Å²) in [7, 11) is 0. The van der Waals surface area contributed by atoms with E-state index in [0.717, 1.165) is 25.9 Å². The van der Waals surface area contributed by atoms with E-state index in [2.05, 4.69) is 10.6 Å². The molecular weight excluding hydrogens is 279 g/mol. The highest BCUT2D eigenvalue weighted by Gasteiger charge is 2.16. The van der Waals surface area contributed by atoms with Gasteiger partial charge in [0.25, 0.3) is 0 Å². The summed E-state index contributed by atoms with van der Waals surface area (Å²) < 4.78 is 13.4. The van der Waals surface area contributed by atoms with Crippen molar-refractivity contribution in [1.82, 2.24) is 10.6 Å². The van der Waals surface area contributed by atoms with Gasteiger partial charge in [-0.05, 0) is 49.9 Å². The maximum Gasteiger partial charge on any atom is 0.220 e. The fourth-order valence-electron chi connectivity index (χ4n) is 2.46. The predicted octanol–water partition coefficient (Wildman–Crippen LogP) is 2.30. The molecule has 1 saturated heterocycles. The van der Waals surface area contributed by atoms with E-state index < -0.39 is 0 Å². The Morgan fingerprint density at radius 3 is 2.70 bits per heavy atom. The summed E-state index contributed by atoms with van der Waals surface area (Å²) in [4.78, 5) is 11.8. The molecule has 1 aliphatic heterocycles. The molecule has 0 aliphatic carbocycles. The van der Waals surface area contributed by atoms with Crippen molar-refractivity contribution in [2.75, 3.05) is 19.6 Å². The van der Waals surface area contributed by atoms with Gasteiger partial charge in [-0.2, -0.15) is 0 Å². The summed E-state index contributed by atoms with van der Waals surface area (Å²) >= 11 is 0. The molecule has 0 atom stereocenters. The first-order chi connectivity index (χ1) is 9.25. The van der Waals surface area contributed by atoms with Gasteiger partial charge in [-0.25, -0.2) is 4.39 Å². The van der Waals surface area contributed by atoms with Crippen LogP contribution in [-0.4, -0.2) is 25.5 Å². The highest BCUT2D eigenvalue weighted by molar-refractivity contribution is 5.85. The molecule has 112 valence electrons. The minimum Gasteiger partial charge on any atom is -0.356 e. The summed E-state index contributed by atoms with van der Waals surface area (Å²) in [5.74, 6) is 0.382. The van der Waals surface area contributed by atoms with E-state index in [-0.39, 0.29) is 24.1 Å². The number of benzene rings is 1. The molecule has 0 bridgehead atoms. The standard InChI is InChI=1S/C15H21FN2O.ClH/c16-14-4-2-1-3-13(14)7-10-18-15(19)11-12-5-8-17-9-6-12;/h1-4,12,17H,5-11H2,(H,18,19);1H. The first-order valence-corrected chi connectivity index (χ1v) is 6.96. The van der Waals surface area contributed by atoms with Crippen molar-refractivity contribution in [1.29, 1.82) is 0 Å². The van der Waals surface area contributed by atoms with Crippen LogP contribution >= 0.6 is 12.4 Å². The monoisotopic (exact) mass is 300 g/mol. The third kappa shape index (κ3) is 5.47. The van der Waals surface area contributed by atoms with Crippen molar-refractivity contribution < 1.29 is 9.18 Å². The molecule has 1 aromatic carbocycles. The number of carbonyl (C=O) groups is 1. The van der Waals surface area contributed by atoms with Crippen LogP contribution in [0.25, 0.3) is 0 Å². The zero-order chi connectivity index (χ0) is 13.5. The van der Waals surface area contributed by atoms with Gasteiger partial charge in [-0.3, -0.25) is 4.79 Å². The summed E-state index contributed by atoms with van der Waals surface area (Å²) in [5, 5.41) is 6.17. The SMILES string of the molecule is Cl.O=C(CC1CCNCC1)NCCc1ccccc1F. The van der Waals surface area contributed by atoms with Crippen LogP contribution in [0.4, 0.5) is 4.39 Å². The molecule has 0 unspecified atom stereocenters. The van der Waals surface area contributed by atoms with Crippen LogP contribution < -0.4 is 10.6 Å². The fraction of sp³-hybridized carbons (Fsp3) is 0.533. The zero-order valence-electron chi connectivity index (χ0n) is 11.5. The molecule has 1 amide bonds. The van der Waals surface area contributed by atoms with Crippen molar-refractivity contribution in [2.24, 2.45) is 5.92 Å². The lowest BCUT2D eigenvalue weighted by molar-refractivity contribution is -0.122. The van der Waals surface area contributed by atoms with Gasteiger partial charge in [0.15, 0.2) is 0 Å². The molecule has 1 aliphatic rings. The number of halogens is 2. The third-order valence-electron chi connectivity index (χ3n) is 3.61. The summed E-state index contributed by atoms with van der Waals surface area (Å²) in [6.07, 6.45) is 3.28. The number of hydrogen-bond acceptors (Lipinski definition) is 2. The van der Waals surface area contributed by atoms with Crippen LogP contribution in [0, 0.1) is 11.7 Å². The molecular formula is C15H22ClFN2O. The summed E-state index contributed by atoms with van der Waals surface area (Å²) in [6.45, 7) is 2.52. The number of amides is 1.